The number of phenolic OH excluding ortho intramolecular Hbond substituents is 1. The molecule has 0 saturated heterocycles. The topological polar surface area (TPSA) is 46.5 Å². The zero-order chi connectivity index (χ0) is 19.7. The molecule has 26 heavy (non-hydrogen) atoms. The van der Waals surface area contributed by atoms with Crippen molar-refractivity contribution >= 4 is 5.97 Å². The Hall–Kier alpha value is -1.51. The Balaban J connectivity index is 2.21. The second-order valence-electron chi connectivity index (χ2n) is 10.2. The second kappa shape index (κ2) is 7.62. The van der Waals surface area contributed by atoms with Crippen molar-refractivity contribution in [3.63, 3.8) is 0 Å². The molecule has 3 heteroatoms. The van der Waals surface area contributed by atoms with Crippen molar-refractivity contribution in [2.45, 2.75) is 91.4 Å². The molecular formula is C23H36O3. The Morgan fingerprint density at radius 1 is 1.00 bits per heavy atom. The summed E-state index contributed by atoms with van der Waals surface area (Å²) < 4.78 is 5.72. The molecule has 0 radical (unpaired) electrons. The van der Waals surface area contributed by atoms with Gasteiger partial charge in [-0.15, -0.1) is 0 Å². The van der Waals surface area contributed by atoms with Crippen LogP contribution in [0, 0.1) is 11.8 Å². The van der Waals surface area contributed by atoms with E-state index in [2.05, 4.69) is 48.5 Å². The Bertz CT molecular complexity index is 603. The third-order valence-corrected chi connectivity index (χ3v) is 5.52. The minimum atomic E-state index is -0.230. The van der Waals surface area contributed by atoms with Crippen LogP contribution >= 0.6 is 0 Å². The summed E-state index contributed by atoms with van der Waals surface area (Å²) >= 11 is 0. The lowest BCUT2D eigenvalue weighted by Crippen LogP contribution is -2.20. The van der Waals surface area contributed by atoms with Gasteiger partial charge in [-0.05, 0) is 47.6 Å². The quantitative estimate of drug-likeness (QED) is 0.522. The number of hydrogen-bond donors (Lipinski definition) is 1. The molecule has 1 saturated carbocycles. The van der Waals surface area contributed by atoms with E-state index in [1.807, 2.05) is 12.1 Å². The molecule has 1 N–H and O–H groups in total. The highest BCUT2D eigenvalue weighted by molar-refractivity contribution is 5.73. The lowest BCUT2D eigenvalue weighted by molar-refractivity contribution is -0.135. The molecule has 0 spiro atoms. The number of rotatable bonds is 3. The number of benzene rings is 1. The lowest BCUT2D eigenvalue weighted by atomic mass is 9.79. The minimum Gasteiger partial charge on any atom is -0.507 e. The fraction of sp³-hybridized carbons (Fsp3) is 0.696. The normalized spacial score (nSPS) is 21.5. The first-order valence-electron chi connectivity index (χ1n) is 9.96. The van der Waals surface area contributed by atoms with Gasteiger partial charge in [0, 0.05) is 17.5 Å². The van der Waals surface area contributed by atoms with Crippen LogP contribution < -0.4 is 4.74 Å². The maximum Gasteiger partial charge on any atom is 0.311 e. The molecular weight excluding hydrogens is 324 g/mol. The van der Waals surface area contributed by atoms with Crippen LogP contribution in [0.25, 0.3) is 0 Å². The van der Waals surface area contributed by atoms with Gasteiger partial charge in [-0.2, -0.15) is 0 Å². The largest absolute Gasteiger partial charge is 0.507 e. The first-order valence-corrected chi connectivity index (χ1v) is 9.96. The Labute approximate surface area is 159 Å². The van der Waals surface area contributed by atoms with Crippen LogP contribution in [0.1, 0.15) is 91.7 Å². The van der Waals surface area contributed by atoms with Crippen molar-refractivity contribution in [1.29, 1.82) is 0 Å². The van der Waals surface area contributed by atoms with Gasteiger partial charge >= 0.3 is 5.97 Å². The molecule has 146 valence electrons. The Morgan fingerprint density at radius 2 is 1.46 bits per heavy atom. The summed E-state index contributed by atoms with van der Waals surface area (Å²) in [6.07, 6.45) is 5.14. The van der Waals surface area contributed by atoms with Crippen LogP contribution in [0.4, 0.5) is 0 Å². The van der Waals surface area contributed by atoms with Gasteiger partial charge in [-0.1, -0.05) is 61.3 Å². The Kier molecular flexibility index (Phi) is 6.09. The third kappa shape index (κ3) is 5.25. The summed E-state index contributed by atoms with van der Waals surface area (Å²) in [5.74, 6) is 1.93. The molecule has 0 amide bonds. The zero-order valence-corrected chi connectivity index (χ0v) is 17.6. The standard InChI is InChI=1S/C23H36O3/c1-15-8-10-16(11-9-15)12-20(24)26-17-13-18(22(2,3)4)21(25)19(14-17)23(5,6)7/h13-16,25H,8-12H2,1-7H3. The third-order valence-electron chi connectivity index (χ3n) is 5.52. The summed E-state index contributed by atoms with van der Waals surface area (Å²) in [7, 11) is 0. The van der Waals surface area contributed by atoms with Gasteiger partial charge in [-0.3, -0.25) is 4.79 Å². The number of phenols is 1. The lowest BCUT2D eigenvalue weighted by Gasteiger charge is -2.28. The van der Waals surface area contributed by atoms with E-state index >= 15 is 0 Å². The van der Waals surface area contributed by atoms with Crippen LogP contribution in [0.15, 0.2) is 12.1 Å². The van der Waals surface area contributed by atoms with E-state index in [1.165, 1.54) is 12.8 Å². The van der Waals surface area contributed by atoms with Crippen molar-refractivity contribution < 1.29 is 14.6 Å². The number of carbonyl (C=O) groups excluding carboxylic acids is 1. The van der Waals surface area contributed by atoms with Gasteiger partial charge in [0.25, 0.3) is 0 Å². The molecule has 0 aliphatic heterocycles. The van der Waals surface area contributed by atoms with E-state index < -0.39 is 0 Å². The maximum atomic E-state index is 12.5. The fourth-order valence-corrected chi connectivity index (χ4v) is 3.75. The SMILES string of the molecule is CC1CCC(CC(=O)Oc2cc(C(C)(C)C)c(O)c(C(C)(C)C)c2)CC1. The van der Waals surface area contributed by atoms with Crippen LogP contribution in [-0.2, 0) is 15.6 Å². The van der Waals surface area contributed by atoms with Crippen molar-refractivity contribution in [3.8, 4) is 11.5 Å². The molecule has 0 aromatic heterocycles. The molecule has 0 atom stereocenters. The van der Waals surface area contributed by atoms with Crippen molar-refractivity contribution in [2.24, 2.45) is 11.8 Å². The first-order chi connectivity index (χ1) is 11.9. The first kappa shape index (κ1) is 20.8. The number of aromatic hydroxyl groups is 1. The minimum absolute atomic E-state index is 0.157. The van der Waals surface area contributed by atoms with E-state index in [1.54, 1.807) is 0 Å². The van der Waals surface area contributed by atoms with Gasteiger partial charge in [0.1, 0.15) is 11.5 Å². The molecule has 1 aliphatic carbocycles. The molecule has 3 nitrogen and oxygen atoms in total. The van der Waals surface area contributed by atoms with Crippen molar-refractivity contribution in [3.05, 3.63) is 23.3 Å². The van der Waals surface area contributed by atoms with Crippen molar-refractivity contribution in [2.75, 3.05) is 0 Å². The van der Waals surface area contributed by atoms with E-state index in [0.717, 1.165) is 29.9 Å². The average molecular weight is 361 g/mol. The predicted molar refractivity (Wildman–Crippen MR) is 107 cm³/mol. The van der Waals surface area contributed by atoms with Crippen LogP contribution in [0.3, 0.4) is 0 Å². The van der Waals surface area contributed by atoms with E-state index in [0.29, 0.717) is 23.8 Å². The molecule has 1 aromatic rings. The smallest absolute Gasteiger partial charge is 0.311 e. The Morgan fingerprint density at radius 3 is 1.88 bits per heavy atom. The average Bonchev–Trinajstić information content (AvgIpc) is 2.49. The van der Waals surface area contributed by atoms with E-state index in [4.69, 9.17) is 4.74 Å². The summed E-state index contributed by atoms with van der Waals surface area (Å²) in [6, 6.07) is 3.65. The number of carbonyl (C=O) groups is 1. The summed E-state index contributed by atoms with van der Waals surface area (Å²) in [5, 5.41) is 10.8. The summed E-state index contributed by atoms with van der Waals surface area (Å²) in [5.41, 5.74) is 1.18. The van der Waals surface area contributed by atoms with E-state index in [9.17, 15) is 9.90 Å². The molecule has 1 aliphatic rings. The van der Waals surface area contributed by atoms with Crippen molar-refractivity contribution in [1.82, 2.24) is 0 Å². The van der Waals surface area contributed by atoms with Gasteiger partial charge in [0.2, 0.25) is 0 Å². The van der Waals surface area contributed by atoms with Gasteiger partial charge in [0.15, 0.2) is 0 Å². The number of hydrogen-bond acceptors (Lipinski definition) is 3. The van der Waals surface area contributed by atoms with Crippen LogP contribution in [0.5, 0.6) is 11.5 Å². The monoisotopic (exact) mass is 360 g/mol. The molecule has 1 aromatic carbocycles. The van der Waals surface area contributed by atoms with Crippen LogP contribution in [-0.4, -0.2) is 11.1 Å². The second-order valence-corrected chi connectivity index (χ2v) is 10.2. The van der Waals surface area contributed by atoms with Gasteiger partial charge in [0.05, 0.1) is 0 Å². The fourth-order valence-electron chi connectivity index (χ4n) is 3.75. The maximum absolute atomic E-state index is 12.5. The highest BCUT2D eigenvalue weighted by Crippen LogP contribution is 2.42. The highest BCUT2D eigenvalue weighted by Gasteiger charge is 2.28. The van der Waals surface area contributed by atoms with Crippen LogP contribution in [0.2, 0.25) is 0 Å². The number of ether oxygens (including phenoxy) is 1. The molecule has 0 bridgehead atoms. The summed E-state index contributed by atoms with van der Waals surface area (Å²) in [4.78, 5) is 12.5. The predicted octanol–water partition coefficient (Wildman–Crippen LogP) is 6.11. The highest BCUT2D eigenvalue weighted by atomic mass is 16.5. The van der Waals surface area contributed by atoms with E-state index in [-0.39, 0.29) is 16.8 Å². The zero-order valence-electron chi connectivity index (χ0n) is 17.6. The van der Waals surface area contributed by atoms with Gasteiger partial charge < -0.3 is 9.84 Å². The number of esters is 1. The molecule has 1 fully saturated rings. The summed E-state index contributed by atoms with van der Waals surface area (Å²) in [6.45, 7) is 14.6. The molecule has 0 heterocycles. The molecule has 2 rings (SSSR count). The molecule has 0 unspecified atom stereocenters. The van der Waals surface area contributed by atoms with Gasteiger partial charge in [-0.25, -0.2) is 0 Å².